The Hall–Kier alpha value is -3.26. The van der Waals surface area contributed by atoms with Crippen molar-refractivity contribution in [1.29, 1.82) is 0 Å². The maximum atomic E-state index is 13.6. The lowest BCUT2D eigenvalue weighted by molar-refractivity contribution is -0.135. The number of hydrogen-bond acceptors (Lipinski definition) is 6. The highest BCUT2D eigenvalue weighted by Crippen LogP contribution is 2.38. The molecule has 0 radical (unpaired) electrons. The Bertz CT molecular complexity index is 1200. The average molecular weight is 524 g/mol. The first-order chi connectivity index (χ1) is 17.9. The highest BCUT2D eigenvalue weighted by Gasteiger charge is 2.42. The summed E-state index contributed by atoms with van der Waals surface area (Å²) in [5, 5.41) is 9.14. The van der Waals surface area contributed by atoms with Gasteiger partial charge in [0.25, 0.3) is 0 Å². The number of carbonyl (C=O) groups is 1. The summed E-state index contributed by atoms with van der Waals surface area (Å²) >= 11 is 6.14. The molecule has 2 aromatic heterocycles. The molecule has 1 amide bonds. The van der Waals surface area contributed by atoms with Crippen LogP contribution in [0.2, 0.25) is 5.02 Å². The number of pyridine rings is 1. The second kappa shape index (κ2) is 11.0. The van der Waals surface area contributed by atoms with Crippen LogP contribution in [0.3, 0.4) is 0 Å². The van der Waals surface area contributed by atoms with Crippen molar-refractivity contribution in [3.05, 3.63) is 76.8 Å². The second-order valence-corrected chi connectivity index (χ2v) is 10.4. The lowest BCUT2D eigenvalue weighted by atomic mass is 9.86. The molecule has 0 N–H and O–H groups in total. The van der Waals surface area contributed by atoms with E-state index in [0.29, 0.717) is 24.0 Å². The van der Waals surface area contributed by atoms with E-state index < -0.39 is 5.82 Å². The van der Waals surface area contributed by atoms with E-state index in [1.807, 2.05) is 55.1 Å². The van der Waals surface area contributed by atoms with E-state index in [0.717, 1.165) is 49.2 Å². The van der Waals surface area contributed by atoms with Gasteiger partial charge in [-0.15, -0.1) is 5.10 Å². The summed E-state index contributed by atoms with van der Waals surface area (Å²) in [5.74, 6) is 1.16. The van der Waals surface area contributed by atoms with Crippen LogP contribution in [0.25, 0.3) is 0 Å². The zero-order chi connectivity index (χ0) is 25.9. The van der Waals surface area contributed by atoms with Crippen LogP contribution >= 0.6 is 11.6 Å². The van der Waals surface area contributed by atoms with E-state index in [-0.39, 0.29) is 29.8 Å². The first-order valence-corrected chi connectivity index (χ1v) is 13.1. The van der Waals surface area contributed by atoms with Gasteiger partial charge in [0.2, 0.25) is 11.8 Å². The van der Waals surface area contributed by atoms with Crippen molar-refractivity contribution < 1.29 is 13.9 Å². The largest absolute Gasteiger partial charge is 0.474 e. The second-order valence-electron chi connectivity index (χ2n) is 10.00. The summed E-state index contributed by atoms with van der Waals surface area (Å²) in [7, 11) is 0. The fraction of sp³-hybridized carbons (Fsp3) is 0.429. The van der Waals surface area contributed by atoms with Crippen LogP contribution in [0.1, 0.15) is 36.9 Å². The Balaban J connectivity index is 1.27. The zero-order valence-electron chi connectivity index (χ0n) is 21.1. The Kier molecular flexibility index (Phi) is 7.55. The number of piperidine rings is 1. The molecule has 1 unspecified atom stereocenters. The van der Waals surface area contributed by atoms with Crippen molar-refractivity contribution >= 4 is 23.3 Å². The quantitative estimate of drug-likeness (QED) is 0.458. The predicted molar refractivity (Wildman–Crippen MR) is 140 cm³/mol. The van der Waals surface area contributed by atoms with Gasteiger partial charge in [-0.1, -0.05) is 23.7 Å². The number of nitrogens with zero attached hydrogens (tertiary/aromatic N) is 5. The van der Waals surface area contributed by atoms with E-state index in [9.17, 15) is 9.18 Å². The van der Waals surface area contributed by atoms with Crippen molar-refractivity contribution in [3.8, 4) is 5.88 Å². The minimum absolute atomic E-state index is 0.0192. The SMILES string of the molecule is Cc1ccc(N2CCC(C(=O)N3C[C@H](c4ccc(Cl)cc4)[C@@H](C(C)Oc4ccc(F)cn4)C3)CC2)nn1. The predicted octanol–water partition coefficient (Wildman–Crippen LogP) is 4.90. The summed E-state index contributed by atoms with van der Waals surface area (Å²) < 4.78 is 19.4. The first-order valence-electron chi connectivity index (χ1n) is 12.7. The van der Waals surface area contributed by atoms with Crippen molar-refractivity contribution in [1.82, 2.24) is 20.1 Å². The molecule has 194 valence electrons. The summed E-state index contributed by atoms with van der Waals surface area (Å²) in [6.07, 6.45) is 2.50. The Morgan fingerprint density at radius 1 is 1.05 bits per heavy atom. The Morgan fingerprint density at radius 3 is 2.46 bits per heavy atom. The van der Waals surface area contributed by atoms with Crippen molar-refractivity contribution in [2.24, 2.45) is 11.8 Å². The molecule has 37 heavy (non-hydrogen) atoms. The van der Waals surface area contributed by atoms with Crippen LogP contribution in [0, 0.1) is 24.6 Å². The molecule has 3 atom stereocenters. The van der Waals surface area contributed by atoms with E-state index in [1.165, 1.54) is 12.1 Å². The minimum atomic E-state index is -0.405. The zero-order valence-corrected chi connectivity index (χ0v) is 21.8. The third-order valence-corrected chi connectivity index (χ3v) is 7.79. The highest BCUT2D eigenvalue weighted by molar-refractivity contribution is 6.30. The van der Waals surface area contributed by atoms with Gasteiger partial charge in [0.1, 0.15) is 11.9 Å². The van der Waals surface area contributed by atoms with E-state index in [1.54, 1.807) is 0 Å². The minimum Gasteiger partial charge on any atom is -0.474 e. The van der Waals surface area contributed by atoms with Gasteiger partial charge < -0.3 is 14.5 Å². The number of carbonyl (C=O) groups excluding carboxylic acids is 1. The van der Waals surface area contributed by atoms with E-state index in [2.05, 4.69) is 20.1 Å². The fourth-order valence-corrected chi connectivity index (χ4v) is 5.56. The van der Waals surface area contributed by atoms with Crippen LogP contribution in [0.4, 0.5) is 10.2 Å². The smallest absolute Gasteiger partial charge is 0.225 e. The average Bonchev–Trinajstić information content (AvgIpc) is 3.36. The van der Waals surface area contributed by atoms with Gasteiger partial charge in [-0.25, -0.2) is 9.37 Å². The molecule has 7 nitrogen and oxygen atoms in total. The number of halogens is 2. The lowest BCUT2D eigenvalue weighted by Crippen LogP contribution is -2.42. The number of aryl methyl sites for hydroxylation is 1. The third-order valence-electron chi connectivity index (χ3n) is 7.54. The van der Waals surface area contributed by atoms with Crippen molar-refractivity contribution in [2.75, 3.05) is 31.1 Å². The monoisotopic (exact) mass is 523 g/mol. The molecule has 2 fully saturated rings. The van der Waals surface area contributed by atoms with Crippen LogP contribution in [-0.2, 0) is 4.79 Å². The van der Waals surface area contributed by atoms with Gasteiger partial charge in [-0.3, -0.25) is 4.79 Å². The van der Waals surface area contributed by atoms with Gasteiger partial charge in [0, 0.05) is 55.0 Å². The van der Waals surface area contributed by atoms with Gasteiger partial charge in [-0.2, -0.15) is 5.10 Å². The molecular weight excluding hydrogens is 493 g/mol. The summed E-state index contributed by atoms with van der Waals surface area (Å²) in [6, 6.07) is 14.6. The number of benzene rings is 1. The van der Waals surface area contributed by atoms with Crippen LogP contribution in [0.15, 0.2) is 54.7 Å². The molecule has 2 aliphatic rings. The molecule has 1 aromatic carbocycles. The van der Waals surface area contributed by atoms with Crippen molar-refractivity contribution in [2.45, 2.75) is 38.7 Å². The molecule has 5 rings (SSSR count). The Morgan fingerprint density at radius 2 is 1.81 bits per heavy atom. The Labute approximate surface area is 221 Å². The van der Waals surface area contributed by atoms with E-state index in [4.69, 9.17) is 16.3 Å². The molecule has 0 saturated carbocycles. The van der Waals surface area contributed by atoms with Crippen molar-refractivity contribution in [3.63, 3.8) is 0 Å². The summed E-state index contributed by atoms with van der Waals surface area (Å²) in [5.41, 5.74) is 2.01. The standard InChI is InChI=1S/C28H31ClFN5O2/c1-18-3-9-26(33-32-18)34-13-11-21(12-14-34)28(36)35-16-24(19(2)37-27-10-8-23(30)15-31-27)25(17-35)20-4-6-22(29)7-5-20/h3-10,15,19,21,24-25H,11-14,16-17H2,1-2H3/t19?,24-,25-/m1/s1. The normalized spacial score (nSPS) is 21.2. The molecule has 2 aliphatic heterocycles. The van der Waals surface area contributed by atoms with Gasteiger partial charge in [0.15, 0.2) is 5.82 Å². The number of rotatable bonds is 6. The number of likely N-dealkylation sites (tertiary alicyclic amines) is 1. The fourth-order valence-electron chi connectivity index (χ4n) is 5.43. The van der Waals surface area contributed by atoms with E-state index >= 15 is 0 Å². The molecule has 0 bridgehead atoms. The number of anilines is 1. The molecule has 2 saturated heterocycles. The summed E-state index contributed by atoms with van der Waals surface area (Å²) in [4.78, 5) is 21.9. The molecule has 0 aliphatic carbocycles. The molecule has 9 heteroatoms. The number of ether oxygens (including phenoxy) is 1. The number of hydrogen-bond donors (Lipinski definition) is 0. The van der Waals surface area contributed by atoms with Gasteiger partial charge >= 0.3 is 0 Å². The molecule has 4 heterocycles. The molecular formula is C28H31ClFN5O2. The third kappa shape index (κ3) is 5.85. The lowest BCUT2D eigenvalue weighted by Gasteiger charge is -2.33. The maximum absolute atomic E-state index is 13.6. The topological polar surface area (TPSA) is 71.5 Å². The van der Waals surface area contributed by atoms with Gasteiger partial charge in [0.05, 0.1) is 11.9 Å². The molecule has 0 spiro atoms. The number of amides is 1. The van der Waals surface area contributed by atoms with Crippen LogP contribution < -0.4 is 9.64 Å². The van der Waals surface area contributed by atoms with Crippen LogP contribution in [0.5, 0.6) is 5.88 Å². The van der Waals surface area contributed by atoms with Crippen LogP contribution in [-0.4, -0.2) is 58.3 Å². The number of aromatic nitrogens is 3. The molecule has 3 aromatic rings. The maximum Gasteiger partial charge on any atom is 0.225 e. The summed E-state index contributed by atoms with van der Waals surface area (Å²) in [6.45, 7) is 6.69. The first kappa shape index (κ1) is 25.4. The highest BCUT2D eigenvalue weighted by atomic mass is 35.5. The van der Waals surface area contributed by atoms with Gasteiger partial charge in [-0.05, 0) is 62.6 Å².